The number of phenolic OH excluding ortho intramolecular Hbond substituents is 1. The molecule has 0 radical (unpaired) electrons. The van der Waals surface area contributed by atoms with Crippen LogP contribution in [0, 0.1) is 0 Å². The number of para-hydroxylation sites is 1. The maximum atomic E-state index is 11.3. The molecule has 0 atom stereocenters. The highest BCUT2D eigenvalue weighted by Gasteiger charge is 1.96. The molecular weight excluding hydrogens is 202 g/mol. The number of rotatable bonds is 5. The Balaban J connectivity index is 2.47. The topological polar surface area (TPSA) is 49.3 Å². The summed E-state index contributed by atoms with van der Waals surface area (Å²) in [6, 6.07) is 6.90. The van der Waals surface area contributed by atoms with Crippen molar-refractivity contribution in [1.82, 2.24) is 5.32 Å². The molecule has 0 aliphatic carbocycles. The highest BCUT2D eigenvalue weighted by Crippen LogP contribution is 2.16. The first kappa shape index (κ1) is 12.3. The lowest BCUT2D eigenvalue weighted by atomic mass is 10.2. The normalized spacial score (nSPS) is 10.6. The van der Waals surface area contributed by atoms with Crippen molar-refractivity contribution in [1.29, 1.82) is 0 Å². The van der Waals surface area contributed by atoms with Gasteiger partial charge in [0.15, 0.2) is 0 Å². The second-order valence-corrected chi connectivity index (χ2v) is 3.54. The zero-order chi connectivity index (χ0) is 11.8. The maximum absolute atomic E-state index is 11.3. The average Bonchev–Trinajstić information content (AvgIpc) is 2.28. The van der Waals surface area contributed by atoms with Gasteiger partial charge in [-0.3, -0.25) is 4.79 Å². The highest BCUT2D eigenvalue weighted by molar-refractivity contribution is 5.92. The van der Waals surface area contributed by atoms with Crippen molar-refractivity contribution in [2.75, 3.05) is 6.54 Å². The van der Waals surface area contributed by atoms with Crippen LogP contribution in [-0.4, -0.2) is 17.6 Å². The van der Waals surface area contributed by atoms with Crippen molar-refractivity contribution in [3.05, 3.63) is 35.9 Å². The van der Waals surface area contributed by atoms with Gasteiger partial charge in [-0.25, -0.2) is 0 Å². The van der Waals surface area contributed by atoms with Crippen LogP contribution in [0.5, 0.6) is 5.75 Å². The van der Waals surface area contributed by atoms with Gasteiger partial charge in [-0.15, -0.1) is 0 Å². The molecule has 0 aliphatic rings. The van der Waals surface area contributed by atoms with Crippen LogP contribution in [-0.2, 0) is 4.79 Å². The number of hydrogen-bond donors (Lipinski definition) is 2. The maximum Gasteiger partial charge on any atom is 0.244 e. The van der Waals surface area contributed by atoms with Gasteiger partial charge in [-0.05, 0) is 18.6 Å². The van der Waals surface area contributed by atoms with E-state index in [2.05, 4.69) is 12.2 Å². The summed E-state index contributed by atoms with van der Waals surface area (Å²) in [5, 5.41) is 12.2. The van der Waals surface area contributed by atoms with Gasteiger partial charge in [-0.1, -0.05) is 31.5 Å². The first-order chi connectivity index (χ1) is 7.74. The number of hydrogen-bond acceptors (Lipinski definition) is 2. The van der Waals surface area contributed by atoms with E-state index in [1.807, 2.05) is 6.07 Å². The van der Waals surface area contributed by atoms with Gasteiger partial charge in [0.25, 0.3) is 0 Å². The van der Waals surface area contributed by atoms with Crippen LogP contribution in [0.3, 0.4) is 0 Å². The second kappa shape index (κ2) is 6.67. The number of aromatic hydroxyl groups is 1. The molecule has 1 aromatic carbocycles. The van der Waals surface area contributed by atoms with E-state index in [4.69, 9.17) is 0 Å². The van der Waals surface area contributed by atoms with Crippen LogP contribution in [0.25, 0.3) is 6.08 Å². The Kier molecular flexibility index (Phi) is 5.12. The van der Waals surface area contributed by atoms with Gasteiger partial charge in [0.1, 0.15) is 5.75 Å². The molecule has 0 saturated heterocycles. The molecule has 1 aromatic rings. The summed E-state index contributed by atoms with van der Waals surface area (Å²) in [4.78, 5) is 11.3. The molecule has 0 spiro atoms. The molecule has 0 saturated carbocycles. The smallest absolute Gasteiger partial charge is 0.244 e. The van der Waals surface area contributed by atoms with Gasteiger partial charge < -0.3 is 10.4 Å². The van der Waals surface area contributed by atoms with Crippen LogP contribution in [0.4, 0.5) is 0 Å². The second-order valence-electron chi connectivity index (χ2n) is 3.54. The van der Waals surface area contributed by atoms with Gasteiger partial charge in [0.2, 0.25) is 5.91 Å². The standard InChI is InChI=1S/C13H17NO2/c1-2-3-10-14-13(16)9-8-11-6-4-5-7-12(11)15/h4-9,15H,2-3,10H2,1H3,(H,14,16). The van der Waals surface area contributed by atoms with Gasteiger partial charge in [0, 0.05) is 18.2 Å². The number of amides is 1. The fourth-order valence-corrected chi connectivity index (χ4v) is 1.24. The fourth-order valence-electron chi connectivity index (χ4n) is 1.24. The minimum absolute atomic E-state index is 0.128. The quantitative estimate of drug-likeness (QED) is 0.590. The van der Waals surface area contributed by atoms with Crippen molar-refractivity contribution in [2.45, 2.75) is 19.8 Å². The first-order valence-corrected chi connectivity index (χ1v) is 5.48. The lowest BCUT2D eigenvalue weighted by Gasteiger charge is -2.00. The Morgan fingerprint density at radius 1 is 1.44 bits per heavy atom. The Morgan fingerprint density at radius 2 is 2.19 bits per heavy atom. The van der Waals surface area contributed by atoms with E-state index in [1.54, 1.807) is 24.3 Å². The SMILES string of the molecule is CCCCNC(=O)C=Cc1ccccc1O. The monoisotopic (exact) mass is 219 g/mol. The third kappa shape index (κ3) is 4.17. The van der Waals surface area contributed by atoms with Gasteiger partial charge >= 0.3 is 0 Å². The summed E-state index contributed by atoms with van der Waals surface area (Å²) in [6.07, 6.45) is 5.08. The summed E-state index contributed by atoms with van der Waals surface area (Å²) in [6.45, 7) is 2.77. The van der Waals surface area contributed by atoms with E-state index < -0.39 is 0 Å². The highest BCUT2D eigenvalue weighted by atomic mass is 16.3. The van der Waals surface area contributed by atoms with E-state index in [0.717, 1.165) is 12.8 Å². The number of nitrogens with one attached hydrogen (secondary N) is 1. The van der Waals surface area contributed by atoms with E-state index in [-0.39, 0.29) is 11.7 Å². The summed E-state index contributed by atoms with van der Waals surface area (Å²) in [7, 11) is 0. The summed E-state index contributed by atoms with van der Waals surface area (Å²) in [5.41, 5.74) is 0.646. The number of phenols is 1. The van der Waals surface area contributed by atoms with Crippen LogP contribution >= 0.6 is 0 Å². The van der Waals surface area contributed by atoms with E-state index in [0.29, 0.717) is 12.1 Å². The lowest BCUT2D eigenvalue weighted by Crippen LogP contribution is -2.21. The molecule has 3 heteroatoms. The average molecular weight is 219 g/mol. The fraction of sp³-hybridized carbons (Fsp3) is 0.308. The van der Waals surface area contributed by atoms with Crippen molar-refractivity contribution >= 4 is 12.0 Å². The number of unbranched alkanes of at least 4 members (excludes halogenated alkanes) is 1. The van der Waals surface area contributed by atoms with E-state index in [9.17, 15) is 9.90 Å². The molecule has 0 fully saturated rings. The minimum atomic E-state index is -0.128. The van der Waals surface area contributed by atoms with Crippen LogP contribution < -0.4 is 5.32 Å². The lowest BCUT2D eigenvalue weighted by molar-refractivity contribution is -0.116. The van der Waals surface area contributed by atoms with Crippen molar-refractivity contribution in [3.8, 4) is 5.75 Å². The van der Waals surface area contributed by atoms with E-state index >= 15 is 0 Å². The molecular formula is C13H17NO2. The summed E-state index contributed by atoms with van der Waals surface area (Å²) < 4.78 is 0. The zero-order valence-electron chi connectivity index (χ0n) is 9.44. The number of benzene rings is 1. The third-order valence-corrected chi connectivity index (χ3v) is 2.18. The third-order valence-electron chi connectivity index (χ3n) is 2.18. The minimum Gasteiger partial charge on any atom is -0.507 e. The Morgan fingerprint density at radius 3 is 2.88 bits per heavy atom. The number of carbonyl (C=O) groups is 1. The molecule has 1 rings (SSSR count). The summed E-state index contributed by atoms with van der Waals surface area (Å²) in [5.74, 6) is 0.0526. The molecule has 0 aromatic heterocycles. The predicted molar refractivity (Wildman–Crippen MR) is 65.1 cm³/mol. The molecule has 2 N–H and O–H groups in total. The molecule has 0 unspecified atom stereocenters. The zero-order valence-corrected chi connectivity index (χ0v) is 9.44. The van der Waals surface area contributed by atoms with Crippen molar-refractivity contribution in [2.24, 2.45) is 0 Å². The van der Waals surface area contributed by atoms with Crippen molar-refractivity contribution in [3.63, 3.8) is 0 Å². The Hall–Kier alpha value is -1.77. The van der Waals surface area contributed by atoms with Gasteiger partial charge in [-0.2, -0.15) is 0 Å². The Bertz CT molecular complexity index is 372. The van der Waals surface area contributed by atoms with Crippen LogP contribution in [0.1, 0.15) is 25.3 Å². The molecule has 0 aliphatic heterocycles. The van der Waals surface area contributed by atoms with Crippen molar-refractivity contribution < 1.29 is 9.90 Å². The van der Waals surface area contributed by atoms with Crippen LogP contribution in [0.2, 0.25) is 0 Å². The predicted octanol–water partition coefficient (Wildman–Crippen LogP) is 2.32. The molecule has 1 amide bonds. The Labute approximate surface area is 95.8 Å². The molecule has 3 nitrogen and oxygen atoms in total. The first-order valence-electron chi connectivity index (χ1n) is 5.48. The number of carbonyl (C=O) groups excluding carboxylic acids is 1. The molecule has 0 bridgehead atoms. The molecule has 0 heterocycles. The summed E-state index contributed by atoms with van der Waals surface area (Å²) >= 11 is 0. The van der Waals surface area contributed by atoms with Gasteiger partial charge in [0.05, 0.1) is 0 Å². The van der Waals surface area contributed by atoms with E-state index in [1.165, 1.54) is 6.08 Å². The largest absolute Gasteiger partial charge is 0.507 e. The molecule has 86 valence electrons. The van der Waals surface area contributed by atoms with Crippen LogP contribution in [0.15, 0.2) is 30.3 Å². The molecule has 16 heavy (non-hydrogen) atoms.